The number of carbonyl (C=O) groups is 2. The largest absolute Gasteiger partial charge is 0.507 e. The molecule has 0 fully saturated rings. The lowest BCUT2D eigenvalue weighted by Crippen LogP contribution is -2.18. The standard InChI is InChI=1S/C29H27N3O4/c1-19-13-15-20(16-14-19)31-29(35)36-27(23-17-18-26(33)22-8-3-2-7-21(22)23)11-6-12-28(34)32-25-10-5-4-9-24(25)30/h2-10,12-18,27,33H,11,30H2,1H3,(H,31,35)(H,32,34)/b12-6+/t27-/m1/s1. The van der Waals surface area contributed by atoms with Gasteiger partial charge in [-0.3, -0.25) is 10.1 Å². The van der Waals surface area contributed by atoms with Crippen LogP contribution in [-0.4, -0.2) is 17.1 Å². The van der Waals surface area contributed by atoms with Crippen molar-refractivity contribution >= 4 is 39.8 Å². The van der Waals surface area contributed by atoms with E-state index < -0.39 is 12.2 Å². The maximum Gasteiger partial charge on any atom is 0.412 e. The molecular weight excluding hydrogens is 454 g/mol. The summed E-state index contributed by atoms with van der Waals surface area (Å²) < 4.78 is 5.80. The lowest BCUT2D eigenvalue weighted by molar-refractivity contribution is -0.111. The number of phenolic OH excluding ortho intramolecular Hbond substituents is 1. The Bertz CT molecular complexity index is 1410. The fourth-order valence-corrected chi connectivity index (χ4v) is 3.82. The Labute approximate surface area is 209 Å². The molecule has 7 heteroatoms. The molecule has 0 spiro atoms. The van der Waals surface area contributed by atoms with Gasteiger partial charge in [-0.2, -0.15) is 0 Å². The summed E-state index contributed by atoms with van der Waals surface area (Å²) in [6.45, 7) is 1.96. The number of ether oxygens (including phenoxy) is 1. The van der Waals surface area contributed by atoms with Crippen LogP contribution in [0.5, 0.6) is 5.75 Å². The van der Waals surface area contributed by atoms with Gasteiger partial charge in [-0.25, -0.2) is 4.79 Å². The molecule has 7 nitrogen and oxygen atoms in total. The van der Waals surface area contributed by atoms with E-state index in [2.05, 4.69) is 10.6 Å². The summed E-state index contributed by atoms with van der Waals surface area (Å²) >= 11 is 0. The van der Waals surface area contributed by atoms with Crippen molar-refractivity contribution in [1.82, 2.24) is 0 Å². The molecule has 182 valence electrons. The second-order valence-electron chi connectivity index (χ2n) is 8.32. The van der Waals surface area contributed by atoms with Crippen molar-refractivity contribution in [3.63, 3.8) is 0 Å². The zero-order chi connectivity index (χ0) is 25.5. The van der Waals surface area contributed by atoms with E-state index in [4.69, 9.17) is 10.5 Å². The predicted molar refractivity (Wildman–Crippen MR) is 143 cm³/mol. The molecule has 36 heavy (non-hydrogen) atoms. The number of hydrogen-bond acceptors (Lipinski definition) is 5. The first-order valence-electron chi connectivity index (χ1n) is 11.5. The van der Waals surface area contributed by atoms with E-state index in [1.54, 1.807) is 60.7 Å². The Hall–Kier alpha value is -4.78. The van der Waals surface area contributed by atoms with Crippen LogP contribution in [0.2, 0.25) is 0 Å². The molecule has 0 saturated heterocycles. The summed E-state index contributed by atoms with van der Waals surface area (Å²) in [6.07, 6.45) is 1.90. The Morgan fingerprint density at radius 2 is 1.61 bits per heavy atom. The highest BCUT2D eigenvalue weighted by Crippen LogP contribution is 2.34. The van der Waals surface area contributed by atoms with Crippen molar-refractivity contribution < 1.29 is 19.4 Å². The Morgan fingerprint density at radius 3 is 2.36 bits per heavy atom. The van der Waals surface area contributed by atoms with Crippen molar-refractivity contribution in [1.29, 1.82) is 0 Å². The SMILES string of the molecule is Cc1ccc(NC(=O)O[C@H](C/C=C/C(=O)Nc2ccccc2N)c2ccc(O)c3ccccc23)cc1. The van der Waals surface area contributed by atoms with Gasteiger partial charge in [-0.15, -0.1) is 0 Å². The normalized spacial score (nSPS) is 11.8. The first-order chi connectivity index (χ1) is 17.4. The number of rotatable bonds is 7. The number of hydrogen-bond donors (Lipinski definition) is 4. The third-order valence-electron chi connectivity index (χ3n) is 5.67. The Kier molecular flexibility index (Phi) is 7.51. The molecule has 4 rings (SSSR count). The van der Waals surface area contributed by atoms with Gasteiger partial charge in [0.25, 0.3) is 0 Å². The first kappa shape index (κ1) is 24.3. The molecule has 0 aliphatic rings. The van der Waals surface area contributed by atoms with Gasteiger partial charge in [-0.1, -0.05) is 66.2 Å². The number of fused-ring (bicyclic) bond motifs is 1. The molecule has 4 aromatic rings. The molecule has 0 aliphatic carbocycles. The third-order valence-corrected chi connectivity index (χ3v) is 5.67. The second kappa shape index (κ2) is 11.1. The van der Waals surface area contributed by atoms with Gasteiger partial charge in [0.2, 0.25) is 5.91 Å². The fraction of sp³-hybridized carbons (Fsp3) is 0.103. The first-order valence-corrected chi connectivity index (χ1v) is 11.5. The molecular formula is C29H27N3O4. The van der Waals surface area contributed by atoms with E-state index in [0.717, 1.165) is 10.9 Å². The minimum Gasteiger partial charge on any atom is -0.507 e. The van der Waals surface area contributed by atoms with E-state index in [-0.39, 0.29) is 18.1 Å². The lowest BCUT2D eigenvalue weighted by Gasteiger charge is -2.20. The van der Waals surface area contributed by atoms with Crippen LogP contribution in [0.25, 0.3) is 10.8 Å². The monoisotopic (exact) mass is 481 g/mol. The van der Waals surface area contributed by atoms with Crippen LogP contribution in [0, 0.1) is 6.92 Å². The van der Waals surface area contributed by atoms with Crippen LogP contribution < -0.4 is 16.4 Å². The molecule has 2 amide bonds. The highest BCUT2D eigenvalue weighted by Gasteiger charge is 2.19. The maximum atomic E-state index is 12.8. The van der Waals surface area contributed by atoms with Crippen LogP contribution in [0.4, 0.5) is 21.9 Å². The van der Waals surface area contributed by atoms with Gasteiger partial charge in [0.15, 0.2) is 0 Å². The summed E-state index contributed by atoms with van der Waals surface area (Å²) in [5.74, 6) is -0.223. The molecule has 0 radical (unpaired) electrons. The lowest BCUT2D eigenvalue weighted by atomic mass is 9.97. The smallest absolute Gasteiger partial charge is 0.412 e. The second-order valence-corrected chi connectivity index (χ2v) is 8.32. The van der Waals surface area contributed by atoms with Crippen molar-refractivity contribution in [3.05, 3.63) is 108 Å². The summed E-state index contributed by atoms with van der Waals surface area (Å²) in [4.78, 5) is 25.2. The molecule has 0 aromatic heterocycles. The number of nitrogens with two attached hydrogens (primary N) is 1. The number of amides is 2. The Morgan fingerprint density at radius 1 is 0.917 bits per heavy atom. The van der Waals surface area contributed by atoms with E-state index in [1.807, 2.05) is 37.3 Å². The van der Waals surface area contributed by atoms with Crippen molar-refractivity contribution in [2.24, 2.45) is 0 Å². The van der Waals surface area contributed by atoms with E-state index in [0.29, 0.717) is 28.0 Å². The molecule has 0 aliphatic heterocycles. The molecule has 0 bridgehead atoms. The number of nitrogen functional groups attached to an aromatic ring is 1. The summed E-state index contributed by atoms with van der Waals surface area (Å²) in [7, 11) is 0. The van der Waals surface area contributed by atoms with Gasteiger partial charge in [-0.05, 0) is 48.7 Å². The number of aryl methyl sites for hydroxylation is 1. The average Bonchev–Trinajstić information content (AvgIpc) is 2.87. The van der Waals surface area contributed by atoms with Gasteiger partial charge in [0.05, 0.1) is 11.4 Å². The number of phenols is 1. The minimum absolute atomic E-state index is 0.132. The molecule has 4 aromatic carbocycles. The molecule has 1 atom stereocenters. The van der Waals surface area contributed by atoms with Gasteiger partial charge in [0, 0.05) is 23.1 Å². The third kappa shape index (κ3) is 6.01. The zero-order valence-electron chi connectivity index (χ0n) is 19.8. The maximum absolute atomic E-state index is 12.8. The molecule has 0 heterocycles. The van der Waals surface area contributed by atoms with Gasteiger partial charge in [0.1, 0.15) is 11.9 Å². The summed E-state index contributed by atoms with van der Waals surface area (Å²) in [5, 5.41) is 17.2. The minimum atomic E-state index is -0.716. The van der Waals surface area contributed by atoms with Gasteiger partial charge < -0.3 is 20.9 Å². The summed E-state index contributed by atoms with van der Waals surface area (Å²) in [5.41, 5.74) is 9.25. The predicted octanol–water partition coefficient (Wildman–Crippen LogP) is 6.31. The van der Waals surface area contributed by atoms with Gasteiger partial charge >= 0.3 is 6.09 Å². The number of benzene rings is 4. The number of aromatic hydroxyl groups is 1. The van der Waals surface area contributed by atoms with E-state index in [9.17, 15) is 14.7 Å². The van der Waals surface area contributed by atoms with Crippen LogP contribution in [-0.2, 0) is 9.53 Å². The van der Waals surface area contributed by atoms with Crippen LogP contribution in [0.1, 0.15) is 23.7 Å². The van der Waals surface area contributed by atoms with Crippen molar-refractivity contribution in [2.45, 2.75) is 19.4 Å². The Balaban J connectivity index is 1.55. The number of para-hydroxylation sites is 2. The molecule has 0 saturated carbocycles. The number of nitrogens with one attached hydrogen (secondary N) is 2. The molecule has 5 N–H and O–H groups in total. The van der Waals surface area contributed by atoms with Crippen LogP contribution in [0.15, 0.2) is 97.1 Å². The average molecular weight is 482 g/mol. The van der Waals surface area contributed by atoms with E-state index in [1.165, 1.54) is 6.08 Å². The summed E-state index contributed by atoms with van der Waals surface area (Å²) in [6, 6.07) is 25.0. The molecule has 0 unspecified atom stereocenters. The van der Waals surface area contributed by atoms with Crippen molar-refractivity contribution in [3.8, 4) is 5.75 Å². The van der Waals surface area contributed by atoms with Crippen LogP contribution in [0.3, 0.4) is 0 Å². The number of carbonyl (C=O) groups excluding carboxylic acids is 2. The van der Waals surface area contributed by atoms with Crippen molar-refractivity contribution in [2.75, 3.05) is 16.4 Å². The fourth-order valence-electron chi connectivity index (χ4n) is 3.82. The van der Waals surface area contributed by atoms with Crippen LogP contribution >= 0.6 is 0 Å². The topological polar surface area (TPSA) is 114 Å². The van der Waals surface area contributed by atoms with E-state index >= 15 is 0 Å². The quantitative estimate of drug-likeness (QED) is 0.182. The number of anilines is 3. The highest BCUT2D eigenvalue weighted by molar-refractivity contribution is 6.01. The highest BCUT2D eigenvalue weighted by atomic mass is 16.6. The zero-order valence-corrected chi connectivity index (χ0v) is 19.8.